The van der Waals surface area contributed by atoms with E-state index in [0.29, 0.717) is 12.0 Å². The van der Waals surface area contributed by atoms with Crippen LogP contribution in [0.25, 0.3) is 0 Å². The van der Waals surface area contributed by atoms with Gasteiger partial charge in [0.15, 0.2) is 0 Å². The van der Waals surface area contributed by atoms with Crippen molar-refractivity contribution in [2.45, 2.75) is 31.2 Å². The van der Waals surface area contributed by atoms with E-state index in [2.05, 4.69) is 45.1 Å². The fraction of sp³-hybridized carbons (Fsp3) is 0.542. The molecule has 0 aliphatic carbocycles. The Kier molecular flexibility index (Phi) is 5.79. The van der Waals surface area contributed by atoms with Crippen molar-refractivity contribution < 1.29 is 9.47 Å². The molecule has 0 N–H and O–H groups in total. The molecule has 1 aromatic heterocycles. The van der Waals surface area contributed by atoms with Gasteiger partial charge in [0, 0.05) is 50.0 Å². The molecule has 2 unspecified atom stereocenters. The normalized spacial score (nSPS) is 24.8. The zero-order valence-electron chi connectivity index (χ0n) is 17.1. The van der Waals surface area contributed by atoms with E-state index in [1.54, 1.807) is 0 Å². The Morgan fingerprint density at radius 1 is 1.07 bits per heavy atom. The lowest BCUT2D eigenvalue weighted by molar-refractivity contribution is 0.0358. The summed E-state index contributed by atoms with van der Waals surface area (Å²) in [4.78, 5) is 9.78. The average molecular weight is 394 g/mol. The maximum absolute atomic E-state index is 6.16. The zero-order chi connectivity index (χ0) is 19.5. The minimum absolute atomic E-state index is 0.357. The molecule has 0 amide bonds. The molecule has 5 rings (SSSR count). The minimum atomic E-state index is 0.357. The number of ether oxygens (including phenoxy) is 2. The summed E-state index contributed by atoms with van der Waals surface area (Å²) in [5, 5.41) is 0. The second-order valence-electron chi connectivity index (χ2n) is 8.41. The van der Waals surface area contributed by atoms with E-state index in [-0.39, 0.29) is 0 Å². The van der Waals surface area contributed by atoms with Crippen molar-refractivity contribution in [3.8, 4) is 5.75 Å². The van der Waals surface area contributed by atoms with Gasteiger partial charge >= 0.3 is 0 Å². The number of fused-ring (bicyclic) bond motifs is 3. The molecule has 5 heteroatoms. The first-order chi connectivity index (χ1) is 14.4. The highest BCUT2D eigenvalue weighted by atomic mass is 16.5. The molecule has 2 fully saturated rings. The summed E-state index contributed by atoms with van der Waals surface area (Å²) in [5.41, 5.74) is 4.07. The Morgan fingerprint density at radius 3 is 2.86 bits per heavy atom. The lowest BCUT2D eigenvalue weighted by Crippen LogP contribution is -2.37. The molecule has 2 saturated heterocycles. The van der Waals surface area contributed by atoms with Crippen LogP contribution in [0.3, 0.4) is 0 Å². The van der Waals surface area contributed by atoms with E-state index in [4.69, 9.17) is 9.47 Å². The molecule has 2 atom stereocenters. The highest BCUT2D eigenvalue weighted by Crippen LogP contribution is 2.44. The van der Waals surface area contributed by atoms with E-state index in [9.17, 15) is 0 Å². The number of benzene rings is 1. The van der Waals surface area contributed by atoms with Gasteiger partial charge < -0.3 is 9.47 Å². The van der Waals surface area contributed by atoms with Crippen LogP contribution in [-0.2, 0) is 4.74 Å². The van der Waals surface area contributed by atoms with Gasteiger partial charge in [0.05, 0.1) is 19.8 Å². The summed E-state index contributed by atoms with van der Waals surface area (Å²) >= 11 is 0. The summed E-state index contributed by atoms with van der Waals surface area (Å²) in [6.07, 6.45) is 5.51. The number of aromatic nitrogens is 1. The van der Waals surface area contributed by atoms with Gasteiger partial charge in [-0.15, -0.1) is 0 Å². The Labute approximate surface area is 173 Å². The maximum atomic E-state index is 6.16. The Morgan fingerprint density at radius 2 is 2.00 bits per heavy atom. The van der Waals surface area contributed by atoms with Gasteiger partial charge in [-0.3, -0.25) is 14.8 Å². The molecule has 0 radical (unpaired) electrons. The predicted molar refractivity (Wildman–Crippen MR) is 113 cm³/mol. The van der Waals surface area contributed by atoms with Crippen LogP contribution in [-0.4, -0.2) is 67.3 Å². The molecule has 0 spiro atoms. The molecule has 5 nitrogen and oxygen atoms in total. The smallest absolute Gasteiger partial charge is 0.119 e. The zero-order valence-corrected chi connectivity index (χ0v) is 17.1. The number of morpholine rings is 1. The second kappa shape index (κ2) is 8.82. The van der Waals surface area contributed by atoms with E-state index in [1.165, 1.54) is 36.2 Å². The third kappa shape index (κ3) is 4.18. The maximum Gasteiger partial charge on any atom is 0.119 e. The summed E-state index contributed by atoms with van der Waals surface area (Å²) in [7, 11) is 0. The van der Waals surface area contributed by atoms with Crippen molar-refractivity contribution in [3.05, 3.63) is 59.4 Å². The topological polar surface area (TPSA) is 37.8 Å². The van der Waals surface area contributed by atoms with E-state index in [0.717, 1.165) is 58.2 Å². The standard InChI is InChI=1S/C24H31N3O2/c1-2-9-25-23(5-1)22-18-27-11-3-6-24(27)21-17-19(7-8-20(21)22)29-14-4-10-26-12-15-28-16-13-26/h1-2,5,7-9,17,22,24H,3-4,6,10-16,18H2. The second-order valence-corrected chi connectivity index (χ2v) is 8.41. The third-order valence-corrected chi connectivity index (χ3v) is 6.61. The highest BCUT2D eigenvalue weighted by molar-refractivity contribution is 5.45. The van der Waals surface area contributed by atoms with E-state index < -0.39 is 0 Å². The van der Waals surface area contributed by atoms with Crippen LogP contribution >= 0.6 is 0 Å². The fourth-order valence-corrected chi connectivity index (χ4v) is 5.12. The summed E-state index contributed by atoms with van der Waals surface area (Å²) < 4.78 is 11.6. The van der Waals surface area contributed by atoms with Gasteiger partial charge in [-0.1, -0.05) is 12.1 Å². The Bertz CT molecular complexity index is 807. The lowest BCUT2D eigenvalue weighted by atomic mass is 9.83. The number of hydrogen-bond donors (Lipinski definition) is 0. The lowest BCUT2D eigenvalue weighted by Gasteiger charge is -2.37. The number of hydrogen-bond acceptors (Lipinski definition) is 5. The van der Waals surface area contributed by atoms with Crippen molar-refractivity contribution in [1.82, 2.24) is 14.8 Å². The minimum Gasteiger partial charge on any atom is -0.494 e. The number of rotatable bonds is 6. The highest BCUT2D eigenvalue weighted by Gasteiger charge is 2.37. The number of pyridine rings is 1. The van der Waals surface area contributed by atoms with Gasteiger partial charge in [-0.05, 0) is 61.2 Å². The van der Waals surface area contributed by atoms with Gasteiger partial charge in [-0.2, -0.15) is 0 Å². The van der Waals surface area contributed by atoms with Gasteiger partial charge in [0.1, 0.15) is 5.75 Å². The van der Waals surface area contributed by atoms with Crippen molar-refractivity contribution in [2.75, 3.05) is 52.5 Å². The van der Waals surface area contributed by atoms with Gasteiger partial charge in [0.25, 0.3) is 0 Å². The van der Waals surface area contributed by atoms with Crippen molar-refractivity contribution in [3.63, 3.8) is 0 Å². The van der Waals surface area contributed by atoms with Crippen LogP contribution in [0.1, 0.15) is 48.0 Å². The molecule has 3 aliphatic rings. The van der Waals surface area contributed by atoms with Crippen LogP contribution in [0, 0.1) is 0 Å². The van der Waals surface area contributed by atoms with Crippen LogP contribution in [0.4, 0.5) is 0 Å². The summed E-state index contributed by atoms with van der Waals surface area (Å²) in [6.45, 7) is 7.95. The molecule has 3 aliphatic heterocycles. The molecule has 1 aromatic carbocycles. The van der Waals surface area contributed by atoms with Crippen molar-refractivity contribution in [2.24, 2.45) is 0 Å². The summed E-state index contributed by atoms with van der Waals surface area (Å²) in [5.74, 6) is 1.37. The quantitative estimate of drug-likeness (QED) is 0.703. The third-order valence-electron chi connectivity index (χ3n) is 6.61. The summed E-state index contributed by atoms with van der Waals surface area (Å²) in [6, 6.07) is 13.6. The molecular formula is C24H31N3O2. The monoisotopic (exact) mass is 393 g/mol. The average Bonchev–Trinajstić information content (AvgIpc) is 3.26. The fourth-order valence-electron chi connectivity index (χ4n) is 5.12. The van der Waals surface area contributed by atoms with E-state index >= 15 is 0 Å². The molecular weight excluding hydrogens is 362 g/mol. The van der Waals surface area contributed by atoms with Crippen LogP contribution in [0.15, 0.2) is 42.6 Å². The van der Waals surface area contributed by atoms with Gasteiger partial charge in [0.2, 0.25) is 0 Å². The largest absolute Gasteiger partial charge is 0.494 e. The first-order valence-electron chi connectivity index (χ1n) is 11.1. The Balaban J connectivity index is 1.29. The Hall–Kier alpha value is -1.95. The first kappa shape index (κ1) is 19.0. The van der Waals surface area contributed by atoms with Crippen LogP contribution < -0.4 is 4.74 Å². The van der Waals surface area contributed by atoms with E-state index in [1.807, 2.05) is 12.3 Å². The van der Waals surface area contributed by atoms with Gasteiger partial charge in [-0.25, -0.2) is 0 Å². The number of nitrogens with zero attached hydrogens (tertiary/aromatic N) is 3. The molecule has 154 valence electrons. The van der Waals surface area contributed by atoms with Crippen LogP contribution in [0.2, 0.25) is 0 Å². The SMILES string of the molecule is c1ccc(C2CN3CCCC3c3cc(OCCCN4CCOCC4)ccc32)nc1. The van der Waals surface area contributed by atoms with Crippen LogP contribution in [0.5, 0.6) is 5.75 Å². The first-order valence-corrected chi connectivity index (χ1v) is 11.1. The molecule has 0 bridgehead atoms. The molecule has 29 heavy (non-hydrogen) atoms. The van der Waals surface area contributed by atoms with Crippen molar-refractivity contribution >= 4 is 0 Å². The predicted octanol–water partition coefficient (Wildman–Crippen LogP) is 3.47. The molecule has 0 saturated carbocycles. The molecule has 2 aromatic rings. The molecule has 4 heterocycles. The van der Waals surface area contributed by atoms with Crippen molar-refractivity contribution in [1.29, 1.82) is 0 Å².